The van der Waals surface area contributed by atoms with Gasteiger partial charge in [0.15, 0.2) is 0 Å². The molecule has 0 heterocycles. The number of hydrogen-bond donors (Lipinski definition) is 3. The molecule has 47 heavy (non-hydrogen) atoms. The smallest absolute Gasteiger partial charge is 0.463 e. The van der Waals surface area contributed by atoms with Crippen LogP contribution in [0.3, 0.4) is 0 Å². The fraction of sp³-hybridized carbons (Fsp3) is 0.730. The summed E-state index contributed by atoms with van der Waals surface area (Å²) in [5.41, 5.74) is 0. The van der Waals surface area contributed by atoms with Gasteiger partial charge in [-0.15, -0.1) is 0 Å². The van der Waals surface area contributed by atoms with E-state index >= 15 is 0 Å². The molecule has 0 spiro atoms. The standard InChI is InChI=1S/C37H66NO8P/c1-3-5-7-9-10-11-12-13-14-15-16-17-18-19-20-21-22-23-24-26-27-29-36(40)38-31-32-45-47(42,43)46-34-35(39)33-44-37(41)30-28-25-8-6-4-2/h10-11,13-14,16-17,19-20,35,39H,3-9,12,15,18,21-34H2,1-2H3,(H,38,40)(H,42,43)/b11-10-,14-13-,17-16-,20-19-. The van der Waals surface area contributed by atoms with Gasteiger partial charge >= 0.3 is 13.8 Å². The number of ether oxygens (including phenoxy) is 1. The molecule has 0 bridgehead atoms. The molecule has 0 saturated carbocycles. The van der Waals surface area contributed by atoms with E-state index in [0.717, 1.165) is 89.9 Å². The molecule has 2 unspecified atom stereocenters. The van der Waals surface area contributed by atoms with Crippen LogP contribution in [0.5, 0.6) is 0 Å². The summed E-state index contributed by atoms with van der Waals surface area (Å²) in [5.74, 6) is -0.552. The molecule has 9 nitrogen and oxygen atoms in total. The van der Waals surface area contributed by atoms with Crippen LogP contribution in [0.25, 0.3) is 0 Å². The number of allylic oxidation sites excluding steroid dienone is 8. The van der Waals surface area contributed by atoms with Crippen LogP contribution < -0.4 is 5.32 Å². The van der Waals surface area contributed by atoms with Crippen LogP contribution in [-0.2, 0) is 27.9 Å². The lowest BCUT2D eigenvalue weighted by Gasteiger charge is -2.15. The molecule has 0 aromatic rings. The first kappa shape index (κ1) is 45.0. The lowest BCUT2D eigenvalue weighted by molar-refractivity contribution is -0.147. The van der Waals surface area contributed by atoms with E-state index in [1.54, 1.807) is 0 Å². The molecule has 0 saturated heterocycles. The van der Waals surface area contributed by atoms with Crippen molar-refractivity contribution >= 4 is 19.7 Å². The van der Waals surface area contributed by atoms with Gasteiger partial charge in [0.05, 0.1) is 13.2 Å². The molecule has 0 aliphatic heterocycles. The fourth-order valence-electron chi connectivity index (χ4n) is 4.48. The molecule has 3 N–H and O–H groups in total. The fourth-order valence-corrected chi connectivity index (χ4v) is 5.24. The summed E-state index contributed by atoms with van der Waals surface area (Å²) in [5, 5.41) is 12.5. The first-order valence-corrected chi connectivity index (χ1v) is 19.6. The number of unbranched alkanes of at least 4 members (excludes halogenated alkanes) is 12. The third-order valence-corrected chi connectivity index (χ3v) is 8.25. The third kappa shape index (κ3) is 35.1. The predicted molar refractivity (Wildman–Crippen MR) is 192 cm³/mol. The summed E-state index contributed by atoms with van der Waals surface area (Å²) in [4.78, 5) is 33.4. The van der Waals surface area contributed by atoms with E-state index in [-0.39, 0.29) is 32.1 Å². The quantitative estimate of drug-likeness (QED) is 0.0270. The number of amides is 1. The zero-order valence-electron chi connectivity index (χ0n) is 29.5. The number of carbonyl (C=O) groups is 2. The van der Waals surface area contributed by atoms with Crippen molar-refractivity contribution in [1.82, 2.24) is 5.32 Å². The Morgan fingerprint density at radius 1 is 0.660 bits per heavy atom. The lowest BCUT2D eigenvalue weighted by atomic mass is 10.1. The number of aliphatic hydroxyl groups is 1. The van der Waals surface area contributed by atoms with Crippen LogP contribution in [0, 0.1) is 0 Å². The van der Waals surface area contributed by atoms with Gasteiger partial charge in [-0.2, -0.15) is 0 Å². The average molecular weight is 684 g/mol. The van der Waals surface area contributed by atoms with E-state index in [9.17, 15) is 24.2 Å². The largest absolute Gasteiger partial charge is 0.472 e. The van der Waals surface area contributed by atoms with Crippen LogP contribution in [0.4, 0.5) is 0 Å². The maximum Gasteiger partial charge on any atom is 0.472 e. The molecule has 0 rings (SSSR count). The Labute approximate surface area is 285 Å². The molecule has 0 fully saturated rings. The number of carbonyl (C=O) groups excluding carboxylic acids is 2. The average Bonchev–Trinajstić information content (AvgIpc) is 3.05. The summed E-state index contributed by atoms with van der Waals surface area (Å²) in [6, 6.07) is 0. The highest BCUT2D eigenvalue weighted by atomic mass is 31.2. The molecule has 2 atom stereocenters. The van der Waals surface area contributed by atoms with E-state index in [2.05, 4.69) is 67.8 Å². The number of aliphatic hydroxyl groups excluding tert-OH is 1. The van der Waals surface area contributed by atoms with Crippen LogP contribution in [-0.4, -0.2) is 54.3 Å². The third-order valence-electron chi connectivity index (χ3n) is 7.26. The van der Waals surface area contributed by atoms with Crippen molar-refractivity contribution in [2.45, 2.75) is 148 Å². The summed E-state index contributed by atoms with van der Waals surface area (Å²) in [6.07, 6.45) is 36.6. The van der Waals surface area contributed by atoms with Gasteiger partial charge in [0.2, 0.25) is 5.91 Å². The van der Waals surface area contributed by atoms with Crippen LogP contribution in [0.2, 0.25) is 0 Å². The van der Waals surface area contributed by atoms with Gasteiger partial charge in [-0.1, -0.05) is 120 Å². The summed E-state index contributed by atoms with van der Waals surface area (Å²) < 4.78 is 26.5. The Kier molecular flexibility index (Phi) is 32.4. The zero-order chi connectivity index (χ0) is 34.7. The van der Waals surface area contributed by atoms with Gasteiger partial charge in [0.1, 0.15) is 12.7 Å². The molecule has 0 aromatic carbocycles. The van der Waals surface area contributed by atoms with Gasteiger partial charge in [0.25, 0.3) is 0 Å². The monoisotopic (exact) mass is 683 g/mol. The highest BCUT2D eigenvalue weighted by Crippen LogP contribution is 2.42. The predicted octanol–water partition coefficient (Wildman–Crippen LogP) is 9.21. The maximum absolute atomic E-state index is 12.0. The molecule has 1 amide bonds. The number of esters is 1. The second-order valence-corrected chi connectivity index (χ2v) is 13.3. The Morgan fingerprint density at radius 3 is 1.77 bits per heavy atom. The first-order valence-electron chi connectivity index (χ1n) is 18.1. The Morgan fingerprint density at radius 2 is 1.15 bits per heavy atom. The van der Waals surface area contributed by atoms with Crippen molar-refractivity contribution in [3.05, 3.63) is 48.6 Å². The van der Waals surface area contributed by atoms with E-state index < -0.39 is 26.5 Å². The van der Waals surface area contributed by atoms with Crippen LogP contribution in [0.15, 0.2) is 48.6 Å². The van der Waals surface area contributed by atoms with E-state index in [0.29, 0.717) is 6.42 Å². The van der Waals surface area contributed by atoms with Gasteiger partial charge in [-0.05, 0) is 57.8 Å². The first-order chi connectivity index (χ1) is 22.8. The van der Waals surface area contributed by atoms with Crippen molar-refractivity contribution in [2.75, 3.05) is 26.4 Å². The van der Waals surface area contributed by atoms with Crippen molar-refractivity contribution in [2.24, 2.45) is 0 Å². The van der Waals surface area contributed by atoms with E-state index in [1.807, 2.05) is 0 Å². The lowest BCUT2D eigenvalue weighted by Crippen LogP contribution is -2.27. The van der Waals surface area contributed by atoms with Gasteiger partial charge in [-0.25, -0.2) is 4.57 Å². The van der Waals surface area contributed by atoms with Crippen molar-refractivity contribution in [1.29, 1.82) is 0 Å². The highest BCUT2D eigenvalue weighted by molar-refractivity contribution is 7.47. The Hall–Kier alpha value is -2.03. The second kappa shape index (κ2) is 33.9. The number of nitrogens with one attached hydrogen (secondary N) is 1. The van der Waals surface area contributed by atoms with Gasteiger partial charge in [0, 0.05) is 19.4 Å². The molecule has 0 aliphatic carbocycles. The molecular weight excluding hydrogens is 617 g/mol. The van der Waals surface area contributed by atoms with E-state index in [4.69, 9.17) is 13.8 Å². The molecule has 272 valence electrons. The van der Waals surface area contributed by atoms with Crippen LogP contribution >= 0.6 is 7.82 Å². The molecule has 0 aliphatic rings. The summed E-state index contributed by atoms with van der Waals surface area (Å²) in [7, 11) is -4.41. The topological polar surface area (TPSA) is 131 Å². The SMILES string of the molecule is CCCCC/C=C\C/C=C\C/C=C\C/C=C\CCCCCCCC(=O)NCCOP(=O)(O)OCC(O)COC(=O)CCCCCCC. The van der Waals surface area contributed by atoms with Gasteiger partial charge < -0.3 is 20.1 Å². The second-order valence-electron chi connectivity index (χ2n) is 11.8. The highest BCUT2D eigenvalue weighted by Gasteiger charge is 2.23. The molecule has 0 radical (unpaired) electrons. The van der Waals surface area contributed by atoms with Crippen molar-refractivity contribution in [3.8, 4) is 0 Å². The normalized spacial score (nSPS) is 14.0. The van der Waals surface area contributed by atoms with Crippen molar-refractivity contribution < 1.29 is 37.9 Å². The number of phosphoric ester groups is 1. The summed E-state index contributed by atoms with van der Waals surface area (Å²) >= 11 is 0. The van der Waals surface area contributed by atoms with E-state index in [1.165, 1.54) is 25.7 Å². The zero-order valence-corrected chi connectivity index (χ0v) is 30.4. The summed E-state index contributed by atoms with van der Waals surface area (Å²) in [6.45, 7) is 3.37. The Balaban J connectivity index is 3.65. The number of phosphoric acid groups is 1. The molecular formula is C37H66NO8P. The molecule has 0 aromatic heterocycles. The van der Waals surface area contributed by atoms with Crippen LogP contribution in [0.1, 0.15) is 142 Å². The number of hydrogen-bond acceptors (Lipinski definition) is 7. The minimum Gasteiger partial charge on any atom is -0.463 e. The minimum atomic E-state index is -4.41. The molecule has 10 heteroatoms. The maximum atomic E-state index is 12.0. The number of rotatable bonds is 33. The minimum absolute atomic E-state index is 0.0697. The van der Waals surface area contributed by atoms with Crippen molar-refractivity contribution in [3.63, 3.8) is 0 Å². The Bertz CT molecular complexity index is 918. The van der Waals surface area contributed by atoms with Gasteiger partial charge in [-0.3, -0.25) is 18.6 Å².